The number of nitrogens with one attached hydrogen (secondary N) is 2. The Hall–Kier alpha value is -0.450. The van der Waals surface area contributed by atoms with Crippen molar-refractivity contribution in [3.8, 4) is 0 Å². The minimum absolute atomic E-state index is 0. The van der Waals surface area contributed by atoms with E-state index in [1.54, 1.807) is 44.2 Å². The van der Waals surface area contributed by atoms with Gasteiger partial charge in [0.1, 0.15) is 24.7 Å². The molecule has 2 N–H and O–H groups in total. The van der Waals surface area contributed by atoms with E-state index in [0.717, 1.165) is 40.0 Å². The molecule has 9 aromatic rings. The summed E-state index contributed by atoms with van der Waals surface area (Å²) in [4.78, 5) is 17.6. The molecule has 0 bridgehead atoms. The van der Waals surface area contributed by atoms with Crippen molar-refractivity contribution < 1.29 is 181 Å². The molecule has 0 aromatic carbocycles. The van der Waals surface area contributed by atoms with Gasteiger partial charge in [-0.3, -0.25) is 9.47 Å². The summed E-state index contributed by atoms with van der Waals surface area (Å²) in [5.41, 5.74) is 8.94. The Morgan fingerprint density at radius 1 is 0.638 bits per heavy atom. The maximum Gasteiger partial charge on any atom is 0.137 e. The Bertz CT molecular complexity index is 1510. The van der Waals surface area contributed by atoms with Crippen LogP contribution < -0.4 is 0 Å². The van der Waals surface area contributed by atoms with Crippen molar-refractivity contribution in [2.24, 2.45) is 0 Å². The van der Waals surface area contributed by atoms with E-state index >= 15 is 0 Å². The molecule has 9 heterocycles. The van der Waals surface area contributed by atoms with Crippen molar-refractivity contribution >= 4 is 46.1 Å². The molecule has 381 valence electrons. The van der Waals surface area contributed by atoms with Gasteiger partial charge in [-0.1, -0.05) is 36.6 Å². The summed E-state index contributed by atoms with van der Waals surface area (Å²) in [6, 6.07) is 3.80. The average Bonchev–Trinajstić information content (AvgIpc) is 3.98. The molecule has 0 atom stereocenters. The summed E-state index contributed by atoms with van der Waals surface area (Å²) >= 11 is 5.49. The van der Waals surface area contributed by atoms with E-state index in [2.05, 4.69) is 104 Å². The van der Waals surface area contributed by atoms with Gasteiger partial charge in [-0.25, -0.2) is 25.9 Å². The van der Waals surface area contributed by atoms with Crippen LogP contribution in [0.4, 0.5) is 0 Å². The molecule has 0 saturated carbocycles. The molecular formula is C38H58N15O3S4V9-9. The monoisotopic (exact) mass is 1360 g/mol. The predicted molar refractivity (Wildman–Crippen MR) is 244 cm³/mol. The van der Waals surface area contributed by atoms with Crippen LogP contribution in [0.15, 0.2) is 80.2 Å². The van der Waals surface area contributed by atoms with E-state index in [1.807, 2.05) is 78.4 Å². The van der Waals surface area contributed by atoms with Crippen LogP contribution in [0, 0.1) is 124 Å². The van der Waals surface area contributed by atoms with E-state index in [1.165, 1.54) is 58.0 Å². The van der Waals surface area contributed by atoms with Gasteiger partial charge in [0.2, 0.25) is 0 Å². The quantitative estimate of drug-likeness (QED) is 0.134. The number of aromatic nitrogens is 15. The third-order valence-corrected chi connectivity index (χ3v) is 7.13. The van der Waals surface area contributed by atoms with E-state index < -0.39 is 0 Å². The van der Waals surface area contributed by atoms with Crippen LogP contribution in [0.5, 0.6) is 0 Å². The summed E-state index contributed by atoms with van der Waals surface area (Å²) in [5, 5.41) is 27.0. The number of aromatic amines is 2. The van der Waals surface area contributed by atoms with Crippen molar-refractivity contribution in [1.29, 1.82) is 0 Å². The fourth-order valence-electron chi connectivity index (χ4n) is 2.23. The fourth-order valence-corrected chi connectivity index (χ4v) is 4.05. The van der Waals surface area contributed by atoms with Crippen LogP contribution in [0.1, 0.15) is 51.4 Å². The van der Waals surface area contributed by atoms with Gasteiger partial charge in [0.15, 0.2) is 0 Å². The summed E-state index contributed by atoms with van der Waals surface area (Å²) in [5.74, 6) is 2.28. The largest absolute Gasteiger partial charge is 0.459 e. The fraction of sp³-hybridized carbons (Fsp3) is 0.237. The average molecular weight is 1360 g/mol. The first-order chi connectivity index (χ1) is 26.0. The van der Waals surface area contributed by atoms with E-state index in [9.17, 15) is 0 Å². The third kappa shape index (κ3) is 74.2. The van der Waals surface area contributed by atoms with Gasteiger partial charge >= 0.3 is 0 Å². The Morgan fingerprint density at radius 2 is 1.29 bits per heavy atom. The molecule has 9 radical (unpaired) electrons. The number of aryl methyl sites for hydroxylation is 9. The van der Waals surface area contributed by atoms with Crippen LogP contribution in [-0.2, 0) is 167 Å². The molecule has 0 unspecified atom stereocenters. The number of H-pyrrole nitrogens is 2. The summed E-state index contributed by atoms with van der Waals surface area (Å²) < 4.78 is 28.3. The van der Waals surface area contributed by atoms with Crippen molar-refractivity contribution in [3.05, 3.63) is 180 Å². The van der Waals surface area contributed by atoms with Crippen molar-refractivity contribution in [3.63, 3.8) is 0 Å². The van der Waals surface area contributed by atoms with E-state index in [0.29, 0.717) is 5.82 Å². The third-order valence-electron chi connectivity index (χ3n) is 4.69. The zero-order valence-electron chi connectivity index (χ0n) is 41.0. The maximum atomic E-state index is 4.46. The summed E-state index contributed by atoms with van der Waals surface area (Å²) in [6.45, 7) is 17.1. The molecule has 9 rings (SSSR count). The van der Waals surface area contributed by atoms with Crippen molar-refractivity contribution in [1.82, 2.24) is 73.3 Å². The van der Waals surface area contributed by atoms with Crippen LogP contribution in [0.2, 0.25) is 0 Å². The molecule has 0 spiro atoms. The van der Waals surface area contributed by atoms with E-state index in [-0.39, 0.29) is 212 Å². The number of rotatable bonds is 0. The zero-order valence-corrected chi connectivity index (χ0v) is 56.9. The molecule has 31 heteroatoms. The molecule has 18 nitrogen and oxygen atoms in total. The SMILES string of the molecule is Cc1[c-]snn1.Cc1ccon1.Cc1ccsn1.Cc1cnc[nH]1.Cc1cnoc1.Cc1cnsc1.Cc1n[c-]on1.Cc1n[c-]sn1.Cc1ncn[nH]1.[CH3-].[CH3-].[CH3-].[CH3-].[CH3-].[CH3-].[V].[V].[V].[V].[V].[V].[V].[V].[V]. The van der Waals surface area contributed by atoms with Gasteiger partial charge < -0.3 is 78.5 Å². The standard InChI is InChI=1S/C4H6N2.2C4H5NO.2C4H5NS.C3H5N3.C3H3N2O.2C3H3N2S.6CH3.9V/c1-4-2-5-3-6-4;1-4-2-5-6-3-4;1-4-2-3-6-5-4;1-4-2-5-6-3-4;1-4-2-3-6-5-4;1-3-4-2-5-6-3;2*1-3-4-2-6-5-3;1-3-2-6-5-4-3;;;;;;;;;;;;;;;/h2-3H,1H3,(H,5,6);4*2-3H,1H3;2H,1H3,(H,4,5,6);3*1H3;6*1H3;;;;;;;;;/q;;;;;;9*-1;;;;;;;;;. The second-order valence-corrected chi connectivity index (χ2v) is 12.2. The first kappa shape index (κ1) is 109. The minimum atomic E-state index is 0. The maximum absolute atomic E-state index is 4.46. The number of nitrogens with zero attached hydrogens (tertiary/aromatic N) is 13. The van der Waals surface area contributed by atoms with Gasteiger partial charge in [-0.15, -0.1) is 10.2 Å². The van der Waals surface area contributed by atoms with Gasteiger partial charge in [-0.2, -0.15) is 31.3 Å². The molecular weight excluding hydrogens is 1300 g/mol. The normalized spacial score (nSPS) is 6.91. The number of hydrogen-bond acceptors (Lipinski definition) is 20. The molecule has 0 aliphatic carbocycles. The van der Waals surface area contributed by atoms with Crippen molar-refractivity contribution in [2.75, 3.05) is 0 Å². The van der Waals surface area contributed by atoms with Crippen molar-refractivity contribution in [2.45, 2.75) is 62.3 Å². The first-order valence-electron chi connectivity index (χ1n) is 15.3. The van der Waals surface area contributed by atoms with Crippen LogP contribution in [0.25, 0.3) is 0 Å². The molecule has 0 amide bonds. The summed E-state index contributed by atoms with van der Waals surface area (Å²) in [7, 11) is 0. The van der Waals surface area contributed by atoms with Gasteiger partial charge in [0.05, 0.1) is 30.3 Å². The Morgan fingerprint density at radius 3 is 1.42 bits per heavy atom. The van der Waals surface area contributed by atoms with E-state index in [4.69, 9.17) is 0 Å². The van der Waals surface area contributed by atoms with Gasteiger partial charge in [0, 0.05) is 213 Å². The number of imidazole rings is 1. The van der Waals surface area contributed by atoms with Gasteiger partial charge in [0.25, 0.3) is 0 Å². The predicted octanol–water partition coefficient (Wildman–Crippen LogP) is 9.85. The Balaban J connectivity index is -0.0000000356. The van der Waals surface area contributed by atoms with Gasteiger partial charge in [-0.05, 0) is 82.1 Å². The van der Waals surface area contributed by atoms with Crippen LogP contribution >= 0.6 is 46.1 Å². The second kappa shape index (κ2) is 76.5. The molecule has 69 heavy (non-hydrogen) atoms. The zero-order chi connectivity index (χ0) is 39.7. The Kier molecular flexibility index (Phi) is 121. The first-order valence-corrected chi connectivity index (χ1v) is 18.5. The molecule has 0 saturated heterocycles. The minimum Gasteiger partial charge on any atom is -0.459 e. The van der Waals surface area contributed by atoms with Crippen LogP contribution in [-0.4, -0.2) is 73.3 Å². The topological polar surface area (TPSA) is 239 Å². The molecule has 9 aromatic heterocycles. The second-order valence-electron chi connectivity index (χ2n) is 9.82. The molecule has 0 aliphatic heterocycles. The molecule has 0 fully saturated rings. The summed E-state index contributed by atoms with van der Waals surface area (Å²) in [6.07, 6.45) is 13.8. The Labute approximate surface area is 535 Å². The smallest absolute Gasteiger partial charge is 0.137 e. The van der Waals surface area contributed by atoms with Crippen LogP contribution in [0.3, 0.4) is 0 Å². The molecule has 0 aliphatic rings. The number of hydrogen-bond donors (Lipinski definition) is 2.